The highest BCUT2D eigenvalue weighted by molar-refractivity contribution is 7.99. The average molecular weight is 317 g/mol. The van der Waals surface area contributed by atoms with E-state index in [2.05, 4.69) is 11.9 Å². The third kappa shape index (κ3) is 3.14. The first-order valence-electron chi connectivity index (χ1n) is 7.18. The number of aromatic amines is 1. The second-order valence-corrected chi connectivity index (χ2v) is 7.02. The molecule has 1 aliphatic rings. The molecule has 0 aliphatic heterocycles. The molecule has 1 N–H and O–H groups in total. The molecule has 1 heterocycles. The molecule has 0 spiro atoms. The number of halogens is 1. The molecule has 1 aliphatic carbocycles. The molecule has 20 heavy (non-hydrogen) atoms. The van der Waals surface area contributed by atoms with Gasteiger partial charge in [0.25, 0.3) is 5.56 Å². The van der Waals surface area contributed by atoms with Gasteiger partial charge in [-0.05, 0) is 31.4 Å². The minimum atomic E-state index is -0.397. The van der Waals surface area contributed by atoms with Gasteiger partial charge in [-0.3, -0.25) is 14.3 Å². The summed E-state index contributed by atoms with van der Waals surface area (Å²) in [6, 6.07) is -0.117. The first-order chi connectivity index (χ1) is 9.56. The molecule has 1 fully saturated rings. The largest absolute Gasteiger partial charge is 0.329 e. The molecule has 0 radical (unpaired) electrons. The van der Waals surface area contributed by atoms with Crippen molar-refractivity contribution in [1.29, 1.82) is 0 Å². The SMILES string of the molecule is CCSCC(C)n1c(=O)[nH]c(Cl)c(C2CCCC2)c1=O. The van der Waals surface area contributed by atoms with Crippen LogP contribution < -0.4 is 11.2 Å². The van der Waals surface area contributed by atoms with Crippen LogP contribution in [0.3, 0.4) is 0 Å². The summed E-state index contributed by atoms with van der Waals surface area (Å²) in [5.74, 6) is 1.93. The van der Waals surface area contributed by atoms with Gasteiger partial charge in [-0.1, -0.05) is 31.4 Å². The molecule has 6 heteroatoms. The average Bonchev–Trinajstić information content (AvgIpc) is 2.89. The third-order valence-electron chi connectivity index (χ3n) is 3.89. The van der Waals surface area contributed by atoms with Crippen molar-refractivity contribution in [3.63, 3.8) is 0 Å². The maximum absolute atomic E-state index is 12.7. The molecule has 1 saturated carbocycles. The smallest absolute Gasteiger partial charge is 0.297 e. The van der Waals surface area contributed by atoms with Gasteiger partial charge in [0.05, 0.1) is 5.56 Å². The van der Waals surface area contributed by atoms with Gasteiger partial charge in [0.1, 0.15) is 5.15 Å². The van der Waals surface area contributed by atoms with Crippen molar-refractivity contribution in [3.05, 3.63) is 31.6 Å². The van der Waals surface area contributed by atoms with E-state index < -0.39 is 5.69 Å². The van der Waals surface area contributed by atoms with E-state index in [9.17, 15) is 9.59 Å². The Morgan fingerprint density at radius 1 is 1.40 bits per heavy atom. The normalized spacial score (nSPS) is 17.6. The summed E-state index contributed by atoms with van der Waals surface area (Å²) in [6.45, 7) is 3.97. The van der Waals surface area contributed by atoms with Crippen LogP contribution in [0.4, 0.5) is 0 Å². The van der Waals surface area contributed by atoms with Gasteiger partial charge < -0.3 is 0 Å². The molecular formula is C14H21ClN2O2S. The van der Waals surface area contributed by atoms with Crippen LogP contribution in [0.1, 0.15) is 57.1 Å². The minimum absolute atomic E-state index is 0.117. The van der Waals surface area contributed by atoms with E-state index in [1.165, 1.54) is 4.57 Å². The number of rotatable bonds is 5. The summed E-state index contributed by atoms with van der Waals surface area (Å²) in [7, 11) is 0. The van der Waals surface area contributed by atoms with E-state index in [0.29, 0.717) is 5.56 Å². The van der Waals surface area contributed by atoms with E-state index in [1.807, 2.05) is 6.92 Å². The number of hydrogen-bond acceptors (Lipinski definition) is 3. The summed E-state index contributed by atoms with van der Waals surface area (Å²) in [5, 5.41) is 0.235. The Morgan fingerprint density at radius 2 is 2.05 bits per heavy atom. The molecule has 0 saturated heterocycles. The Hall–Kier alpha value is -0.680. The van der Waals surface area contributed by atoms with Crippen molar-refractivity contribution in [2.24, 2.45) is 0 Å². The Labute approximate surface area is 127 Å². The van der Waals surface area contributed by atoms with E-state index in [-0.39, 0.29) is 22.7 Å². The zero-order valence-electron chi connectivity index (χ0n) is 11.9. The zero-order valence-corrected chi connectivity index (χ0v) is 13.5. The Balaban J connectivity index is 2.44. The quantitative estimate of drug-likeness (QED) is 0.849. The lowest BCUT2D eigenvalue weighted by molar-refractivity contribution is 0.538. The Bertz CT molecular complexity index is 576. The predicted octanol–water partition coefficient (Wildman–Crippen LogP) is 3.16. The highest BCUT2D eigenvalue weighted by atomic mass is 35.5. The zero-order chi connectivity index (χ0) is 14.7. The monoisotopic (exact) mass is 316 g/mol. The lowest BCUT2D eigenvalue weighted by Crippen LogP contribution is -2.40. The summed E-state index contributed by atoms with van der Waals surface area (Å²) < 4.78 is 1.34. The van der Waals surface area contributed by atoms with Gasteiger partial charge in [0, 0.05) is 11.8 Å². The fraction of sp³-hybridized carbons (Fsp3) is 0.714. The summed E-state index contributed by atoms with van der Waals surface area (Å²) in [5.41, 5.74) is 0.0120. The summed E-state index contributed by atoms with van der Waals surface area (Å²) in [4.78, 5) is 27.3. The molecule has 0 amide bonds. The van der Waals surface area contributed by atoms with Crippen LogP contribution >= 0.6 is 23.4 Å². The lowest BCUT2D eigenvalue weighted by Gasteiger charge is -2.17. The van der Waals surface area contributed by atoms with Crippen LogP contribution in [0, 0.1) is 0 Å². The molecule has 1 aromatic rings. The third-order valence-corrected chi connectivity index (χ3v) is 5.31. The molecule has 1 unspecified atom stereocenters. The predicted molar refractivity (Wildman–Crippen MR) is 85.3 cm³/mol. The van der Waals surface area contributed by atoms with Crippen LogP contribution in [-0.4, -0.2) is 21.1 Å². The van der Waals surface area contributed by atoms with Gasteiger partial charge in [0.15, 0.2) is 0 Å². The highest BCUT2D eigenvalue weighted by Gasteiger charge is 2.26. The molecule has 1 atom stereocenters. The first kappa shape index (κ1) is 15.7. The fourth-order valence-electron chi connectivity index (χ4n) is 2.87. The Morgan fingerprint density at radius 3 is 2.65 bits per heavy atom. The summed E-state index contributed by atoms with van der Waals surface area (Å²) >= 11 is 7.85. The van der Waals surface area contributed by atoms with Gasteiger partial charge in [-0.25, -0.2) is 4.79 Å². The van der Waals surface area contributed by atoms with Crippen molar-refractivity contribution in [3.8, 4) is 0 Å². The molecule has 4 nitrogen and oxygen atoms in total. The number of thioether (sulfide) groups is 1. The van der Waals surface area contributed by atoms with E-state index in [4.69, 9.17) is 11.6 Å². The molecular weight excluding hydrogens is 296 g/mol. The second kappa shape index (κ2) is 6.85. The van der Waals surface area contributed by atoms with E-state index in [1.54, 1.807) is 11.8 Å². The molecule has 0 aromatic carbocycles. The van der Waals surface area contributed by atoms with Crippen molar-refractivity contribution in [2.75, 3.05) is 11.5 Å². The van der Waals surface area contributed by atoms with Gasteiger partial charge in [-0.15, -0.1) is 0 Å². The number of nitrogens with zero attached hydrogens (tertiary/aromatic N) is 1. The minimum Gasteiger partial charge on any atom is -0.297 e. The number of H-pyrrole nitrogens is 1. The fourth-order valence-corrected chi connectivity index (χ4v) is 3.91. The molecule has 1 aromatic heterocycles. The van der Waals surface area contributed by atoms with Gasteiger partial charge in [-0.2, -0.15) is 11.8 Å². The van der Waals surface area contributed by atoms with Crippen LogP contribution in [0.2, 0.25) is 5.15 Å². The van der Waals surface area contributed by atoms with Crippen LogP contribution in [0.15, 0.2) is 9.59 Å². The lowest BCUT2D eigenvalue weighted by atomic mass is 10.0. The first-order valence-corrected chi connectivity index (χ1v) is 8.71. The van der Waals surface area contributed by atoms with Gasteiger partial charge >= 0.3 is 5.69 Å². The van der Waals surface area contributed by atoms with Gasteiger partial charge in [0.2, 0.25) is 0 Å². The second-order valence-electron chi connectivity index (χ2n) is 5.32. The molecule has 112 valence electrons. The Kier molecular flexibility index (Phi) is 5.38. The van der Waals surface area contributed by atoms with Crippen molar-refractivity contribution in [1.82, 2.24) is 9.55 Å². The molecule has 2 rings (SSSR count). The topological polar surface area (TPSA) is 54.9 Å². The number of nitrogens with one attached hydrogen (secondary N) is 1. The highest BCUT2D eigenvalue weighted by Crippen LogP contribution is 2.34. The number of aromatic nitrogens is 2. The summed E-state index contributed by atoms with van der Waals surface area (Å²) in [6.07, 6.45) is 4.22. The maximum atomic E-state index is 12.7. The number of hydrogen-bond donors (Lipinski definition) is 1. The van der Waals surface area contributed by atoms with Crippen LogP contribution in [0.25, 0.3) is 0 Å². The van der Waals surface area contributed by atoms with E-state index in [0.717, 1.165) is 37.2 Å². The van der Waals surface area contributed by atoms with Crippen molar-refractivity contribution in [2.45, 2.75) is 51.5 Å². The van der Waals surface area contributed by atoms with Crippen LogP contribution in [0.5, 0.6) is 0 Å². The van der Waals surface area contributed by atoms with E-state index >= 15 is 0 Å². The molecule has 0 bridgehead atoms. The maximum Gasteiger partial charge on any atom is 0.329 e. The van der Waals surface area contributed by atoms with Crippen molar-refractivity contribution >= 4 is 23.4 Å². The standard InChI is InChI=1S/C14H21ClN2O2S/c1-3-20-8-9(2)17-13(18)11(10-6-4-5-7-10)12(15)16-14(17)19/h9-10H,3-8H2,1-2H3,(H,16,19). The van der Waals surface area contributed by atoms with Crippen molar-refractivity contribution < 1.29 is 0 Å². The van der Waals surface area contributed by atoms with Crippen LogP contribution in [-0.2, 0) is 0 Å².